The minimum atomic E-state index is -0.520. The molecule has 0 heterocycles. The van der Waals surface area contributed by atoms with E-state index < -0.39 is 10.8 Å². The van der Waals surface area contributed by atoms with Gasteiger partial charge in [-0.25, -0.2) is 5.84 Å². The Morgan fingerprint density at radius 1 is 1.47 bits per heavy atom. The number of hydrogen-bond donors (Lipinski definition) is 2. The molecule has 0 atom stereocenters. The van der Waals surface area contributed by atoms with Crippen LogP contribution in [0, 0.1) is 10.1 Å². The van der Waals surface area contributed by atoms with Crippen LogP contribution in [0.3, 0.4) is 0 Å². The lowest BCUT2D eigenvalue weighted by atomic mass is 10.1. The molecule has 78 valence electrons. The van der Waals surface area contributed by atoms with Crippen molar-refractivity contribution in [2.45, 2.75) is 0 Å². The number of carbonyl (C=O) groups excluding carboxylic acids is 1. The summed E-state index contributed by atoms with van der Waals surface area (Å²) in [5, 5.41) is 10.6. The van der Waals surface area contributed by atoms with Crippen molar-refractivity contribution in [3.8, 4) is 0 Å². The van der Waals surface area contributed by atoms with Crippen LogP contribution in [0.4, 0.5) is 5.69 Å². The molecule has 0 saturated heterocycles. The third-order valence-electron chi connectivity index (χ3n) is 1.69. The minimum absolute atomic E-state index is 0.0569. The Morgan fingerprint density at radius 3 is 2.73 bits per heavy atom. The maximum absolute atomic E-state index is 10.8. The summed E-state index contributed by atoms with van der Waals surface area (Å²) in [5.74, 6) is 4.33. The van der Waals surface area contributed by atoms with Gasteiger partial charge >= 0.3 is 0 Å². The smallest absolute Gasteiger partial charge is 0.276 e. The SMILES string of the molecule is NNC(=O)/C=C/c1ccccc1[N+](=O)[O-]. The van der Waals surface area contributed by atoms with E-state index in [1.165, 1.54) is 12.1 Å². The highest BCUT2D eigenvalue weighted by molar-refractivity contribution is 5.91. The van der Waals surface area contributed by atoms with Gasteiger partial charge < -0.3 is 0 Å². The summed E-state index contributed by atoms with van der Waals surface area (Å²) in [6.45, 7) is 0. The second kappa shape index (κ2) is 4.87. The first kappa shape index (κ1) is 10.9. The van der Waals surface area contributed by atoms with Gasteiger partial charge in [-0.05, 0) is 12.1 Å². The molecule has 0 saturated carbocycles. The van der Waals surface area contributed by atoms with Crippen LogP contribution in [-0.4, -0.2) is 10.8 Å². The fourth-order valence-corrected chi connectivity index (χ4v) is 1.01. The number of hydrogen-bond acceptors (Lipinski definition) is 4. The zero-order valence-corrected chi connectivity index (χ0v) is 7.71. The largest absolute Gasteiger partial charge is 0.291 e. The third kappa shape index (κ3) is 2.89. The van der Waals surface area contributed by atoms with Crippen LogP contribution in [0.2, 0.25) is 0 Å². The summed E-state index contributed by atoms with van der Waals surface area (Å²) in [6, 6.07) is 6.10. The number of para-hydroxylation sites is 1. The zero-order chi connectivity index (χ0) is 11.3. The van der Waals surface area contributed by atoms with E-state index in [2.05, 4.69) is 0 Å². The van der Waals surface area contributed by atoms with Crippen molar-refractivity contribution in [3.05, 3.63) is 46.0 Å². The van der Waals surface area contributed by atoms with Crippen molar-refractivity contribution < 1.29 is 9.72 Å². The van der Waals surface area contributed by atoms with Crippen LogP contribution in [0.15, 0.2) is 30.3 Å². The lowest BCUT2D eigenvalue weighted by Crippen LogP contribution is -2.27. The Kier molecular flexibility index (Phi) is 3.53. The van der Waals surface area contributed by atoms with Gasteiger partial charge in [-0.1, -0.05) is 12.1 Å². The highest BCUT2D eigenvalue weighted by Gasteiger charge is 2.09. The van der Waals surface area contributed by atoms with E-state index in [1.807, 2.05) is 5.43 Å². The Bertz CT molecular complexity index is 415. The Morgan fingerprint density at radius 2 is 2.13 bits per heavy atom. The lowest BCUT2D eigenvalue weighted by molar-refractivity contribution is -0.385. The van der Waals surface area contributed by atoms with Crippen LogP contribution >= 0.6 is 0 Å². The van der Waals surface area contributed by atoms with Crippen molar-refractivity contribution in [1.29, 1.82) is 0 Å². The predicted octanol–water partition coefficient (Wildman–Crippen LogP) is 0.598. The van der Waals surface area contributed by atoms with Gasteiger partial charge in [0, 0.05) is 12.1 Å². The number of nitrogens with two attached hydrogens (primary N) is 1. The number of amides is 1. The van der Waals surface area contributed by atoms with E-state index in [0.29, 0.717) is 5.56 Å². The van der Waals surface area contributed by atoms with Crippen molar-refractivity contribution >= 4 is 17.7 Å². The number of nitro groups is 1. The number of carbonyl (C=O) groups is 1. The summed E-state index contributed by atoms with van der Waals surface area (Å²) in [5.41, 5.74) is 2.18. The molecular weight excluding hydrogens is 198 g/mol. The van der Waals surface area contributed by atoms with Crippen molar-refractivity contribution in [2.75, 3.05) is 0 Å². The highest BCUT2D eigenvalue weighted by Crippen LogP contribution is 2.18. The summed E-state index contributed by atoms with van der Waals surface area (Å²) in [6.07, 6.45) is 2.46. The molecule has 6 heteroatoms. The summed E-state index contributed by atoms with van der Waals surface area (Å²) < 4.78 is 0. The van der Waals surface area contributed by atoms with Crippen LogP contribution in [-0.2, 0) is 4.79 Å². The van der Waals surface area contributed by atoms with E-state index in [9.17, 15) is 14.9 Å². The molecule has 1 amide bonds. The minimum Gasteiger partial charge on any atom is -0.291 e. The van der Waals surface area contributed by atoms with E-state index in [4.69, 9.17) is 5.84 Å². The maximum Gasteiger partial charge on any atom is 0.276 e. The van der Waals surface area contributed by atoms with Gasteiger partial charge in [0.25, 0.3) is 11.6 Å². The number of nitrogens with zero attached hydrogens (tertiary/aromatic N) is 1. The van der Waals surface area contributed by atoms with Crippen molar-refractivity contribution in [3.63, 3.8) is 0 Å². The molecule has 0 radical (unpaired) electrons. The molecule has 0 unspecified atom stereocenters. The molecule has 0 aliphatic carbocycles. The standard InChI is InChI=1S/C9H9N3O3/c10-11-9(13)6-5-7-3-1-2-4-8(7)12(14)15/h1-6H,10H2,(H,11,13)/b6-5+. The summed E-state index contributed by atoms with van der Waals surface area (Å²) in [7, 11) is 0. The molecule has 0 bridgehead atoms. The first-order chi connectivity index (χ1) is 7.15. The number of nitrogens with one attached hydrogen (secondary N) is 1. The number of hydrazine groups is 1. The second-order valence-corrected chi connectivity index (χ2v) is 2.66. The molecule has 0 aliphatic rings. The molecule has 3 N–H and O–H groups in total. The predicted molar refractivity (Wildman–Crippen MR) is 54.5 cm³/mol. The van der Waals surface area contributed by atoms with Crippen LogP contribution in [0.1, 0.15) is 5.56 Å². The second-order valence-electron chi connectivity index (χ2n) is 2.66. The number of rotatable bonds is 3. The van der Waals surface area contributed by atoms with E-state index in [1.54, 1.807) is 18.2 Å². The first-order valence-electron chi connectivity index (χ1n) is 4.07. The van der Waals surface area contributed by atoms with Crippen molar-refractivity contribution in [1.82, 2.24) is 5.43 Å². The van der Waals surface area contributed by atoms with Gasteiger partial charge in [0.15, 0.2) is 0 Å². The molecule has 6 nitrogen and oxygen atoms in total. The molecule has 1 aromatic rings. The Balaban J connectivity index is 2.99. The highest BCUT2D eigenvalue weighted by atomic mass is 16.6. The fourth-order valence-electron chi connectivity index (χ4n) is 1.01. The molecule has 0 aliphatic heterocycles. The summed E-state index contributed by atoms with van der Waals surface area (Å²) >= 11 is 0. The molecule has 15 heavy (non-hydrogen) atoms. The van der Waals surface area contributed by atoms with Gasteiger partial charge in [0.1, 0.15) is 0 Å². The molecule has 0 aromatic heterocycles. The Labute approximate surface area is 85.5 Å². The number of nitro benzene ring substituents is 1. The third-order valence-corrected chi connectivity index (χ3v) is 1.69. The molecule has 1 aromatic carbocycles. The topological polar surface area (TPSA) is 98.3 Å². The lowest BCUT2D eigenvalue weighted by Gasteiger charge is -1.96. The average Bonchev–Trinajstić information content (AvgIpc) is 2.26. The maximum atomic E-state index is 10.8. The number of benzene rings is 1. The van der Waals surface area contributed by atoms with Crippen LogP contribution in [0.5, 0.6) is 0 Å². The normalized spacial score (nSPS) is 10.2. The van der Waals surface area contributed by atoms with Gasteiger partial charge in [0.05, 0.1) is 10.5 Å². The van der Waals surface area contributed by atoms with E-state index in [-0.39, 0.29) is 5.69 Å². The molecular formula is C9H9N3O3. The average molecular weight is 207 g/mol. The first-order valence-corrected chi connectivity index (χ1v) is 4.07. The van der Waals surface area contributed by atoms with E-state index >= 15 is 0 Å². The quantitative estimate of drug-likeness (QED) is 0.249. The monoisotopic (exact) mass is 207 g/mol. The van der Waals surface area contributed by atoms with Gasteiger partial charge in [0.2, 0.25) is 0 Å². The fraction of sp³-hybridized carbons (Fsp3) is 0. The van der Waals surface area contributed by atoms with Gasteiger partial charge in [-0.3, -0.25) is 20.3 Å². The van der Waals surface area contributed by atoms with Crippen LogP contribution in [0.25, 0.3) is 6.08 Å². The molecule has 1 rings (SSSR count). The van der Waals surface area contributed by atoms with Crippen molar-refractivity contribution in [2.24, 2.45) is 5.84 Å². The molecule has 0 spiro atoms. The van der Waals surface area contributed by atoms with Crippen LogP contribution < -0.4 is 11.3 Å². The zero-order valence-electron chi connectivity index (χ0n) is 7.71. The van der Waals surface area contributed by atoms with E-state index in [0.717, 1.165) is 6.08 Å². The summed E-state index contributed by atoms with van der Waals surface area (Å²) in [4.78, 5) is 20.8. The Hall–Kier alpha value is -2.21. The van der Waals surface area contributed by atoms with Gasteiger partial charge in [-0.15, -0.1) is 0 Å². The van der Waals surface area contributed by atoms with Gasteiger partial charge in [-0.2, -0.15) is 0 Å². The molecule has 0 fully saturated rings.